The SMILES string of the molecule is Cc1ccccc1C(=O)NC(Cc1ccc(N2CCC(CNc3ccccn3)CC2)cc1)C(=O)O. The number of carbonyl (C=O) groups is 2. The number of nitrogens with zero attached hydrogens (tertiary/aromatic N) is 2. The van der Waals surface area contributed by atoms with Gasteiger partial charge < -0.3 is 20.6 Å². The predicted molar refractivity (Wildman–Crippen MR) is 138 cm³/mol. The normalized spacial score (nSPS) is 14.8. The zero-order chi connectivity index (χ0) is 24.6. The molecule has 1 fully saturated rings. The minimum atomic E-state index is -1.04. The van der Waals surface area contributed by atoms with Gasteiger partial charge in [-0.15, -0.1) is 0 Å². The maximum absolute atomic E-state index is 12.6. The van der Waals surface area contributed by atoms with Crippen LogP contribution in [-0.4, -0.2) is 47.6 Å². The van der Waals surface area contributed by atoms with Crippen molar-refractivity contribution in [2.45, 2.75) is 32.2 Å². The number of carboxylic acid groups (broad SMARTS) is 1. The smallest absolute Gasteiger partial charge is 0.326 e. The van der Waals surface area contributed by atoms with Gasteiger partial charge in [0.1, 0.15) is 11.9 Å². The van der Waals surface area contributed by atoms with Crippen LogP contribution < -0.4 is 15.5 Å². The largest absolute Gasteiger partial charge is 0.480 e. The van der Waals surface area contributed by atoms with Crippen LogP contribution in [0.2, 0.25) is 0 Å². The number of aromatic nitrogens is 1. The molecule has 0 aliphatic carbocycles. The summed E-state index contributed by atoms with van der Waals surface area (Å²) in [6.45, 7) is 4.73. The molecule has 0 radical (unpaired) electrons. The lowest BCUT2D eigenvalue weighted by atomic mass is 9.96. The van der Waals surface area contributed by atoms with Gasteiger partial charge in [0.25, 0.3) is 5.91 Å². The van der Waals surface area contributed by atoms with Gasteiger partial charge in [0, 0.05) is 43.5 Å². The van der Waals surface area contributed by atoms with E-state index in [4.69, 9.17) is 0 Å². The van der Waals surface area contributed by atoms with Crippen molar-refractivity contribution < 1.29 is 14.7 Å². The summed E-state index contributed by atoms with van der Waals surface area (Å²) in [4.78, 5) is 31.1. The first-order chi connectivity index (χ1) is 17.0. The zero-order valence-corrected chi connectivity index (χ0v) is 20.0. The van der Waals surface area contributed by atoms with Crippen LogP contribution in [0.15, 0.2) is 72.9 Å². The quantitative estimate of drug-likeness (QED) is 0.433. The van der Waals surface area contributed by atoms with E-state index < -0.39 is 12.0 Å². The minimum absolute atomic E-state index is 0.231. The van der Waals surface area contributed by atoms with Gasteiger partial charge in [-0.1, -0.05) is 36.4 Å². The number of amides is 1. The molecule has 35 heavy (non-hydrogen) atoms. The summed E-state index contributed by atoms with van der Waals surface area (Å²) >= 11 is 0. The molecule has 1 atom stereocenters. The summed E-state index contributed by atoms with van der Waals surface area (Å²) in [7, 11) is 0. The zero-order valence-electron chi connectivity index (χ0n) is 20.0. The van der Waals surface area contributed by atoms with E-state index in [1.807, 2.05) is 61.5 Å². The Morgan fingerprint density at radius 3 is 2.40 bits per heavy atom. The summed E-state index contributed by atoms with van der Waals surface area (Å²) in [6.07, 6.45) is 4.24. The first-order valence-electron chi connectivity index (χ1n) is 12.1. The highest BCUT2D eigenvalue weighted by Crippen LogP contribution is 2.24. The van der Waals surface area contributed by atoms with E-state index in [0.29, 0.717) is 11.5 Å². The molecule has 4 rings (SSSR count). The number of nitrogens with one attached hydrogen (secondary N) is 2. The minimum Gasteiger partial charge on any atom is -0.480 e. The Kier molecular flexibility index (Phi) is 7.98. The summed E-state index contributed by atoms with van der Waals surface area (Å²) in [5, 5.41) is 15.8. The van der Waals surface area contributed by atoms with Crippen LogP contribution in [0.4, 0.5) is 11.5 Å². The number of pyridine rings is 1. The molecule has 0 saturated carbocycles. The molecule has 182 valence electrons. The van der Waals surface area contributed by atoms with Gasteiger partial charge in [0.15, 0.2) is 0 Å². The number of benzene rings is 2. The molecule has 3 N–H and O–H groups in total. The Bertz CT molecular complexity index is 1130. The van der Waals surface area contributed by atoms with Crippen molar-refractivity contribution in [1.82, 2.24) is 10.3 Å². The molecular weight excluding hydrogens is 440 g/mol. The third-order valence-corrected chi connectivity index (χ3v) is 6.59. The highest BCUT2D eigenvalue weighted by atomic mass is 16.4. The summed E-state index contributed by atoms with van der Waals surface area (Å²) < 4.78 is 0. The molecule has 3 aromatic rings. The van der Waals surface area contributed by atoms with E-state index >= 15 is 0 Å². The van der Waals surface area contributed by atoms with E-state index in [2.05, 4.69) is 20.5 Å². The highest BCUT2D eigenvalue weighted by molar-refractivity contribution is 5.97. The van der Waals surface area contributed by atoms with E-state index in [1.165, 1.54) is 0 Å². The number of hydrogen-bond donors (Lipinski definition) is 3. The number of hydrogen-bond acceptors (Lipinski definition) is 5. The number of piperidine rings is 1. The average Bonchev–Trinajstić information content (AvgIpc) is 2.88. The topological polar surface area (TPSA) is 94.6 Å². The Morgan fingerprint density at radius 1 is 1.03 bits per heavy atom. The van der Waals surface area contributed by atoms with Crippen molar-refractivity contribution in [3.8, 4) is 0 Å². The van der Waals surface area contributed by atoms with Crippen LogP contribution >= 0.6 is 0 Å². The highest BCUT2D eigenvalue weighted by Gasteiger charge is 2.23. The van der Waals surface area contributed by atoms with Crippen LogP contribution in [0.1, 0.15) is 34.3 Å². The van der Waals surface area contributed by atoms with Crippen molar-refractivity contribution >= 4 is 23.4 Å². The maximum Gasteiger partial charge on any atom is 0.326 e. The molecule has 1 aromatic heterocycles. The predicted octanol–water partition coefficient (Wildman–Crippen LogP) is 4.14. The van der Waals surface area contributed by atoms with Crippen LogP contribution in [-0.2, 0) is 11.2 Å². The fraction of sp³-hybridized carbons (Fsp3) is 0.321. The van der Waals surface area contributed by atoms with Crippen LogP contribution in [0.25, 0.3) is 0 Å². The molecule has 7 nitrogen and oxygen atoms in total. The molecule has 1 aliphatic rings. The number of aryl methyl sites for hydroxylation is 1. The summed E-state index contributed by atoms with van der Waals surface area (Å²) in [5.74, 6) is 0.117. The van der Waals surface area contributed by atoms with Gasteiger partial charge in [-0.25, -0.2) is 9.78 Å². The van der Waals surface area contributed by atoms with Crippen molar-refractivity contribution in [2.75, 3.05) is 29.9 Å². The Labute approximate surface area is 206 Å². The second-order valence-electron chi connectivity index (χ2n) is 9.08. The molecule has 1 unspecified atom stereocenters. The average molecular weight is 473 g/mol. The number of carbonyl (C=O) groups excluding carboxylic acids is 1. The van der Waals surface area contributed by atoms with Crippen LogP contribution in [0.5, 0.6) is 0 Å². The third kappa shape index (κ3) is 6.59. The first-order valence-corrected chi connectivity index (χ1v) is 12.1. The second-order valence-corrected chi connectivity index (χ2v) is 9.08. The molecule has 0 bridgehead atoms. The lowest BCUT2D eigenvalue weighted by molar-refractivity contribution is -0.139. The lowest BCUT2D eigenvalue weighted by Gasteiger charge is -2.34. The third-order valence-electron chi connectivity index (χ3n) is 6.59. The standard InChI is InChI=1S/C28H32N4O3/c1-20-6-2-3-7-24(20)27(33)31-25(28(34)35)18-21-9-11-23(12-10-21)32-16-13-22(14-17-32)19-30-26-8-4-5-15-29-26/h2-12,15,22,25H,13-14,16-19H2,1H3,(H,29,30)(H,31,33)(H,34,35). The molecule has 7 heteroatoms. The van der Waals surface area contributed by atoms with Crippen LogP contribution in [0, 0.1) is 12.8 Å². The monoisotopic (exact) mass is 472 g/mol. The van der Waals surface area contributed by atoms with Crippen molar-refractivity contribution in [3.63, 3.8) is 0 Å². The number of rotatable bonds is 9. The Balaban J connectivity index is 1.29. The molecule has 1 aliphatic heterocycles. The van der Waals surface area contributed by atoms with E-state index in [-0.39, 0.29) is 12.3 Å². The van der Waals surface area contributed by atoms with Gasteiger partial charge in [0.2, 0.25) is 0 Å². The van der Waals surface area contributed by atoms with Gasteiger partial charge >= 0.3 is 5.97 Å². The number of anilines is 2. The fourth-order valence-electron chi connectivity index (χ4n) is 4.45. The van der Waals surface area contributed by atoms with Crippen LogP contribution in [0.3, 0.4) is 0 Å². The second kappa shape index (κ2) is 11.5. The van der Waals surface area contributed by atoms with E-state index in [0.717, 1.165) is 55.1 Å². The summed E-state index contributed by atoms with van der Waals surface area (Å²) in [6, 6.07) is 20.1. The van der Waals surface area contributed by atoms with E-state index in [1.54, 1.807) is 18.3 Å². The van der Waals surface area contributed by atoms with Crippen molar-refractivity contribution in [3.05, 3.63) is 89.6 Å². The molecule has 2 aromatic carbocycles. The van der Waals surface area contributed by atoms with Crippen molar-refractivity contribution in [1.29, 1.82) is 0 Å². The lowest BCUT2D eigenvalue weighted by Crippen LogP contribution is -2.42. The maximum atomic E-state index is 12.6. The Hall–Kier alpha value is -3.87. The molecule has 0 spiro atoms. The Morgan fingerprint density at radius 2 is 1.74 bits per heavy atom. The molecular formula is C28H32N4O3. The van der Waals surface area contributed by atoms with Gasteiger partial charge in [-0.2, -0.15) is 0 Å². The first kappa shape index (κ1) is 24.3. The molecule has 1 amide bonds. The van der Waals surface area contributed by atoms with Crippen molar-refractivity contribution in [2.24, 2.45) is 5.92 Å². The molecule has 1 saturated heterocycles. The van der Waals surface area contributed by atoms with Gasteiger partial charge in [-0.05, 0) is 67.1 Å². The number of carboxylic acids is 1. The van der Waals surface area contributed by atoms with E-state index in [9.17, 15) is 14.7 Å². The van der Waals surface area contributed by atoms with Gasteiger partial charge in [-0.3, -0.25) is 4.79 Å². The number of aliphatic carboxylic acids is 1. The molecule has 2 heterocycles. The summed E-state index contributed by atoms with van der Waals surface area (Å²) in [5.41, 5.74) is 3.32. The van der Waals surface area contributed by atoms with Gasteiger partial charge in [0.05, 0.1) is 0 Å². The fourth-order valence-corrected chi connectivity index (χ4v) is 4.45.